The number of oxime groups is 1. The van der Waals surface area contributed by atoms with Crippen LogP contribution in [0.4, 0.5) is 11.4 Å². The van der Waals surface area contributed by atoms with E-state index in [9.17, 15) is 0 Å². The van der Waals surface area contributed by atoms with Crippen LogP contribution < -0.4 is 15.5 Å². The fraction of sp³-hybridized carbons (Fsp3) is 0.417. The van der Waals surface area contributed by atoms with Crippen LogP contribution in [0, 0.1) is 0 Å². The van der Waals surface area contributed by atoms with E-state index in [1.807, 2.05) is 12.1 Å². The number of nitrogens with zero attached hydrogens (tertiary/aromatic N) is 3. The minimum Gasteiger partial charge on any atom is -0.409 e. The maximum Gasteiger partial charge on any atom is 0.140 e. The van der Waals surface area contributed by atoms with Crippen molar-refractivity contribution >= 4 is 17.2 Å². The molecule has 1 heterocycles. The molecule has 0 spiro atoms. The lowest BCUT2D eigenvalue weighted by Crippen LogP contribution is -2.40. The molecule has 0 radical (unpaired) electrons. The highest BCUT2D eigenvalue weighted by molar-refractivity contribution is 5.81. The molecule has 1 aromatic carbocycles. The lowest BCUT2D eigenvalue weighted by molar-refractivity contribution is 0.317. The van der Waals surface area contributed by atoms with Crippen molar-refractivity contribution in [3.05, 3.63) is 24.3 Å². The van der Waals surface area contributed by atoms with Gasteiger partial charge in [-0.15, -0.1) is 0 Å². The van der Waals surface area contributed by atoms with Gasteiger partial charge in [-0.25, -0.2) is 0 Å². The molecule has 92 valence electrons. The minimum absolute atomic E-state index is 0.279. The molecule has 1 aromatic rings. The Morgan fingerprint density at radius 3 is 2.76 bits per heavy atom. The summed E-state index contributed by atoms with van der Waals surface area (Å²) in [6.07, 6.45) is 0.578. The van der Waals surface area contributed by atoms with Crippen molar-refractivity contribution in [3.63, 3.8) is 0 Å². The van der Waals surface area contributed by atoms with Crippen LogP contribution in [0.25, 0.3) is 0 Å². The van der Waals surface area contributed by atoms with E-state index in [0.717, 1.165) is 19.6 Å². The van der Waals surface area contributed by atoms with Gasteiger partial charge in [-0.2, -0.15) is 0 Å². The minimum atomic E-state index is 0.279. The number of fused-ring (bicyclic) bond motifs is 1. The molecule has 0 unspecified atom stereocenters. The third-order valence-corrected chi connectivity index (χ3v) is 3.11. The molecule has 5 nitrogen and oxygen atoms in total. The number of likely N-dealkylation sites (N-methyl/N-ethyl adjacent to an activating group) is 1. The van der Waals surface area contributed by atoms with Crippen LogP contribution in [-0.2, 0) is 0 Å². The molecule has 0 atom stereocenters. The summed E-state index contributed by atoms with van der Waals surface area (Å²) in [5.74, 6) is 0.279. The number of benzene rings is 1. The topological polar surface area (TPSA) is 65.1 Å². The summed E-state index contributed by atoms with van der Waals surface area (Å²) in [6, 6.07) is 8.30. The SMILES string of the molecule is CN1CCN(CCC(N)=NO)c2ccccc21. The van der Waals surface area contributed by atoms with E-state index in [-0.39, 0.29) is 5.84 Å². The number of anilines is 2. The first kappa shape index (κ1) is 11.6. The van der Waals surface area contributed by atoms with E-state index in [2.05, 4.69) is 34.1 Å². The molecule has 3 N–H and O–H groups in total. The van der Waals surface area contributed by atoms with Gasteiger partial charge in [0.25, 0.3) is 0 Å². The Balaban J connectivity index is 2.13. The van der Waals surface area contributed by atoms with Crippen molar-refractivity contribution in [1.82, 2.24) is 0 Å². The summed E-state index contributed by atoms with van der Waals surface area (Å²) in [6.45, 7) is 2.74. The van der Waals surface area contributed by atoms with Gasteiger partial charge < -0.3 is 20.7 Å². The van der Waals surface area contributed by atoms with E-state index in [0.29, 0.717) is 6.42 Å². The zero-order valence-electron chi connectivity index (χ0n) is 10.0. The Kier molecular flexibility index (Phi) is 3.37. The van der Waals surface area contributed by atoms with Gasteiger partial charge in [0.2, 0.25) is 0 Å². The molecule has 5 heteroatoms. The number of hydrogen-bond donors (Lipinski definition) is 2. The molecule has 0 bridgehead atoms. The number of para-hydroxylation sites is 2. The second kappa shape index (κ2) is 4.95. The molecule has 1 aliphatic rings. The highest BCUT2D eigenvalue weighted by atomic mass is 16.4. The van der Waals surface area contributed by atoms with Gasteiger partial charge >= 0.3 is 0 Å². The lowest BCUT2D eigenvalue weighted by Gasteiger charge is -2.36. The second-order valence-corrected chi connectivity index (χ2v) is 4.24. The predicted octanol–water partition coefficient (Wildman–Crippen LogP) is 1.08. The molecular weight excluding hydrogens is 216 g/mol. The first-order valence-electron chi connectivity index (χ1n) is 5.74. The largest absolute Gasteiger partial charge is 0.409 e. The summed E-state index contributed by atoms with van der Waals surface area (Å²) >= 11 is 0. The van der Waals surface area contributed by atoms with Crippen LogP contribution in [0.5, 0.6) is 0 Å². The third-order valence-electron chi connectivity index (χ3n) is 3.11. The maximum absolute atomic E-state index is 8.54. The Labute approximate surface area is 101 Å². The van der Waals surface area contributed by atoms with Crippen molar-refractivity contribution in [2.24, 2.45) is 10.9 Å². The standard InChI is InChI=1S/C12H18N4O/c1-15-8-9-16(7-6-12(13)14-17)11-5-3-2-4-10(11)15/h2-5,17H,6-9H2,1H3,(H2,13,14). The van der Waals surface area contributed by atoms with Gasteiger partial charge in [0.15, 0.2) is 0 Å². The van der Waals surface area contributed by atoms with Crippen LogP contribution in [-0.4, -0.2) is 37.7 Å². The monoisotopic (exact) mass is 234 g/mol. The average molecular weight is 234 g/mol. The van der Waals surface area contributed by atoms with Crippen molar-refractivity contribution < 1.29 is 5.21 Å². The average Bonchev–Trinajstić information content (AvgIpc) is 2.38. The van der Waals surface area contributed by atoms with Gasteiger partial charge in [0, 0.05) is 33.1 Å². The Morgan fingerprint density at radius 2 is 2.06 bits per heavy atom. The van der Waals surface area contributed by atoms with Crippen molar-refractivity contribution in [3.8, 4) is 0 Å². The smallest absolute Gasteiger partial charge is 0.140 e. The van der Waals surface area contributed by atoms with Crippen LogP contribution in [0.1, 0.15) is 6.42 Å². The predicted molar refractivity (Wildman–Crippen MR) is 70.0 cm³/mol. The van der Waals surface area contributed by atoms with E-state index in [4.69, 9.17) is 10.9 Å². The summed E-state index contributed by atoms with van der Waals surface area (Å²) in [7, 11) is 2.10. The fourth-order valence-corrected chi connectivity index (χ4v) is 2.10. The van der Waals surface area contributed by atoms with E-state index in [1.165, 1.54) is 11.4 Å². The van der Waals surface area contributed by atoms with Crippen molar-refractivity contribution in [2.75, 3.05) is 36.5 Å². The van der Waals surface area contributed by atoms with E-state index in [1.54, 1.807) is 0 Å². The molecule has 0 saturated carbocycles. The molecule has 1 aliphatic heterocycles. The summed E-state index contributed by atoms with van der Waals surface area (Å²) in [5.41, 5.74) is 7.95. The van der Waals surface area contributed by atoms with Gasteiger partial charge in [-0.3, -0.25) is 0 Å². The zero-order chi connectivity index (χ0) is 12.3. The number of nitrogens with two attached hydrogens (primary N) is 1. The molecule has 0 aliphatic carbocycles. The number of hydrogen-bond acceptors (Lipinski definition) is 4. The molecule has 0 fully saturated rings. The molecule has 17 heavy (non-hydrogen) atoms. The Hall–Kier alpha value is -1.91. The number of rotatable bonds is 3. The van der Waals surface area contributed by atoms with Gasteiger partial charge in [-0.1, -0.05) is 17.3 Å². The summed E-state index contributed by atoms with van der Waals surface area (Å²) in [4.78, 5) is 4.52. The Bertz CT molecular complexity index is 419. The normalized spacial score (nSPS) is 15.9. The maximum atomic E-state index is 8.54. The zero-order valence-corrected chi connectivity index (χ0v) is 10.0. The first-order valence-corrected chi connectivity index (χ1v) is 5.74. The summed E-state index contributed by atoms with van der Waals surface area (Å²) < 4.78 is 0. The molecule has 2 rings (SSSR count). The Morgan fingerprint density at radius 1 is 1.35 bits per heavy atom. The molecule has 0 aromatic heterocycles. The molecule has 0 saturated heterocycles. The van der Waals surface area contributed by atoms with Crippen molar-refractivity contribution in [2.45, 2.75) is 6.42 Å². The van der Waals surface area contributed by atoms with Crippen LogP contribution in [0.3, 0.4) is 0 Å². The van der Waals surface area contributed by atoms with Gasteiger partial charge in [0.05, 0.1) is 11.4 Å². The van der Waals surface area contributed by atoms with E-state index >= 15 is 0 Å². The molecular formula is C12H18N4O. The molecule has 0 amide bonds. The fourth-order valence-electron chi connectivity index (χ4n) is 2.10. The van der Waals surface area contributed by atoms with Crippen molar-refractivity contribution in [1.29, 1.82) is 0 Å². The van der Waals surface area contributed by atoms with Crippen LogP contribution in [0.2, 0.25) is 0 Å². The van der Waals surface area contributed by atoms with Crippen LogP contribution in [0.15, 0.2) is 29.4 Å². The van der Waals surface area contributed by atoms with Gasteiger partial charge in [0.1, 0.15) is 5.84 Å². The van der Waals surface area contributed by atoms with Crippen LogP contribution >= 0.6 is 0 Å². The first-order chi connectivity index (χ1) is 8.22. The van der Waals surface area contributed by atoms with Gasteiger partial charge in [-0.05, 0) is 12.1 Å². The summed E-state index contributed by atoms with van der Waals surface area (Å²) in [5, 5.41) is 11.5. The highest BCUT2D eigenvalue weighted by Crippen LogP contribution is 2.31. The number of amidine groups is 1. The third kappa shape index (κ3) is 2.43. The quantitative estimate of drug-likeness (QED) is 0.355. The van der Waals surface area contributed by atoms with E-state index < -0.39 is 0 Å². The second-order valence-electron chi connectivity index (χ2n) is 4.24. The lowest BCUT2D eigenvalue weighted by atomic mass is 10.1. The highest BCUT2D eigenvalue weighted by Gasteiger charge is 2.19.